The number of carbonyl (C=O) groups is 1. The quantitative estimate of drug-likeness (QED) is 0.443. The summed E-state index contributed by atoms with van der Waals surface area (Å²) in [5, 5.41) is 8.45. The van der Waals surface area contributed by atoms with Gasteiger partial charge in [-0.3, -0.25) is 4.79 Å². The van der Waals surface area contributed by atoms with Crippen LogP contribution in [0.2, 0.25) is 0 Å². The number of aryl methyl sites for hydroxylation is 1. The lowest BCUT2D eigenvalue weighted by Gasteiger charge is -2.27. The topological polar surface area (TPSA) is 53.2 Å². The fraction of sp³-hybridized carbons (Fsp3) is 0.333. The molecule has 0 aliphatic carbocycles. The van der Waals surface area contributed by atoms with Crippen molar-refractivity contribution >= 4 is 63.7 Å². The van der Waals surface area contributed by atoms with E-state index in [1.165, 1.54) is 6.92 Å². The molecule has 0 heterocycles. The highest BCUT2D eigenvalue weighted by Crippen LogP contribution is 2.29. The van der Waals surface area contributed by atoms with Crippen LogP contribution in [0.5, 0.6) is 0 Å². The molecule has 0 aliphatic rings. The van der Waals surface area contributed by atoms with Gasteiger partial charge in [-0.05, 0) is 30.8 Å². The average molecular weight is 355 g/mol. The first-order valence-corrected chi connectivity index (χ1v) is 7.21. The number of hydrogen-bond donors (Lipinski definition) is 3. The van der Waals surface area contributed by atoms with Gasteiger partial charge in [0.15, 0.2) is 5.11 Å². The summed E-state index contributed by atoms with van der Waals surface area (Å²) in [7, 11) is 0. The number of hydrogen-bond acceptors (Lipinski definition) is 2. The molecule has 0 unspecified atom stereocenters. The molecule has 0 aliphatic heterocycles. The minimum atomic E-state index is -1.73. The van der Waals surface area contributed by atoms with Gasteiger partial charge in [-0.25, -0.2) is 0 Å². The number of anilines is 1. The Labute approximate surface area is 138 Å². The summed E-state index contributed by atoms with van der Waals surface area (Å²) >= 11 is 22.5. The maximum absolute atomic E-state index is 11.1. The maximum Gasteiger partial charge on any atom is 0.228 e. The second-order valence-corrected chi connectivity index (χ2v) is 6.87. The number of rotatable bonds is 3. The van der Waals surface area contributed by atoms with E-state index in [2.05, 4.69) is 16.0 Å². The van der Waals surface area contributed by atoms with Crippen LogP contribution >= 0.6 is 47.0 Å². The summed E-state index contributed by atoms with van der Waals surface area (Å²) < 4.78 is -1.73. The lowest BCUT2D eigenvalue weighted by Crippen LogP contribution is -2.55. The van der Waals surface area contributed by atoms with Crippen molar-refractivity contribution in [1.82, 2.24) is 10.6 Å². The predicted molar refractivity (Wildman–Crippen MR) is 88.4 cm³/mol. The molecule has 3 N–H and O–H groups in total. The number of alkyl halides is 3. The van der Waals surface area contributed by atoms with E-state index >= 15 is 0 Å². The molecule has 1 rings (SSSR count). The second-order valence-electron chi connectivity index (χ2n) is 4.09. The molecule has 0 saturated heterocycles. The standard InChI is InChI=1S/C12H14Cl3N3OS/c1-7-5-3-4-6-9(7)17-11(20)18-10(12(13,14)15)16-8(2)19/h3-6,10H,1-2H3,(H,16,19)(H2,17,18,20)/t10-/m0/s1. The summed E-state index contributed by atoms with van der Waals surface area (Å²) in [6.07, 6.45) is -0.936. The van der Waals surface area contributed by atoms with Crippen molar-refractivity contribution in [2.75, 3.05) is 5.32 Å². The molecule has 0 fully saturated rings. The van der Waals surface area contributed by atoms with Crippen LogP contribution in [0.3, 0.4) is 0 Å². The van der Waals surface area contributed by atoms with Gasteiger partial charge in [0.1, 0.15) is 6.17 Å². The Morgan fingerprint density at radius 3 is 2.35 bits per heavy atom. The van der Waals surface area contributed by atoms with Gasteiger partial charge in [0.25, 0.3) is 0 Å². The number of amides is 1. The molecule has 0 radical (unpaired) electrons. The van der Waals surface area contributed by atoms with Gasteiger partial charge in [0, 0.05) is 12.6 Å². The zero-order valence-corrected chi connectivity index (χ0v) is 13.9. The number of para-hydroxylation sites is 1. The SMILES string of the molecule is CC(=O)N[C@@H](NC(=S)Nc1ccccc1C)C(Cl)(Cl)Cl. The van der Waals surface area contributed by atoms with Gasteiger partial charge in [-0.1, -0.05) is 53.0 Å². The van der Waals surface area contributed by atoms with Crippen LogP contribution in [0.25, 0.3) is 0 Å². The lowest BCUT2D eigenvalue weighted by atomic mass is 10.2. The van der Waals surface area contributed by atoms with E-state index in [9.17, 15) is 4.79 Å². The van der Waals surface area contributed by atoms with Crippen LogP contribution in [0, 0.1) is 6.92 Å². The Morgan fingerprint density at radius 2 is 1.85 bits per heavy atom. The van der Waals surface area contributed by atoms with Gasteiger partial charge < -0.3 is 16.0 Å². The van der Waals surface area contributed by atoms with E-state index in [1.54, 1.807) is 0 Å². The van der Waals surface area contributed by atoms with Crippen molar-refractivity contribution in [3.05, 3.63) is 29.8 Å². The van der Waals surface area contributed by atoms with Crippen molar-refractivity contribution < 1.29 is 4.79 Å². The number of carbonyl (C=O) groups excluding carboxylic acids is 1. The highest BCUT2D eigenvalue weighted by molar-refractivity contribution is 7.80. The smallest absolute Gasteiger partial charge is 0.228 e. The van der Waals surface area contributed by atoms with E-state index in [0.29, 0.717) is 0 Å². The summed E-state index contributed by atoms with van der Waals surface area (Å²) in [6, 6.07) is 7.59. The molecule has 1 aromatic carbocycles. The fourth-order valence-corrected chi connectivity index (χ4v) is 1.96. The van der Waals surface area contributed by atoms with E-state index in [4.69, 9.17) is 47.0 Å². The van der Waals surface area contributed by atoms with Crippen LogP contribution in [-0.4, -0.2) is 21.0 Å². The fourth-order valence-electron chi connectivity index (χ4n) is 1.41. The molecular weight excluding hydrogens is 341 g/mol. The molecule has 8 heteroatoms. The zero-order chi connectivity index (χ0) is 15.3. The first kappa shape index (κ1) is 17.3. The molecule has 0 bridgehead atoms. The molecule has 0 spiro atoms. The number of halogens is 3. The molecule has 20 heavy (non-hydrogen) atoms. The Morgan fingerprint density at radius 1 is 1.25 bits per heavy atom. The lowest BCUT2D eigenvalue weighted by molar-refractivity contribution is -0.119. The molecule has 1 atom stereocenters. The first-order valence-electron chi connectivity index (χ1n) is 5.67. The van der Waals surface area contributed by atoms with Crippen LogP contribution in [-0.2, 0) is 4.79 Å². The normalized spacial score (nSPS) is 12.4. The summed E-state index contributed by atoms with van der Waals surface area (Å²) in [4.78, 5) is 11.1. The van der Waals surface area contributed by atoms with E-state index < -0.39 is 9.96 Å². The highest BCUT2D eigenvalue weighted by atomic mass is 35.6. The maximum atomic E-state index is 11.1. The third-order valence-corrected chi connectivity index (χ3v) is 3.22. The number of nitrogens with one attached hydrogen (secondary N) is 3. The summed E-state index contributed by atoms with van der Waals surface area (Å²) in [5.74, 6) is -0.340. The molecule has 0 aromatic heterocycles. The van der Waals surface area contributed by atoms with Gasteiger partial charge in [-0.2, -0.15) is 0 Å². The predicted octanol–water partition coefficient (Wildman–Crippen LogP) is 3.11. The van der Waals surface area contributed by atoms with E-state index in [1.807, 2.05) is 31.2 Å². The third kappa shape index (κ3) is 5.71. The average Bonchev–Trinajstić information content (AvgIpc) is 2.29. The summed E-state index contributed by atoms with van der Waals surface area (Å²) in [5.41, 5.74) is 1.84. The van der Waals surface area contributed by atoms with Gasteiger partial charge in [-0.15, -0.1) is 0 Å². The zero-order valence-electron chi connectivity index (χ0n) is 10.8. The van der Waals surface area contributed by atoms with Gasteiger partial charge in [0.2, 0.25) is 9.70 Å². The molecule has 1 amide bonds. The van der Waals surface area contributed by atoms with Crippen LogP contribution in [0.15, 0.2) is 24.3 Å². The van der Waals surface area contributed by atoms with E-state index in [0.717, 1.165) is 11.3 Å². The van der Waals surface area contributed by atoms with Crippen LogP contribution < -0.4 is 16.0 Å². The minimum absolute atomic E-state index is 0.240. The molecular formula is C12H14Cl3N3OS. The monoisotopic (exact) mass is 353 g/mol. The Kier molecular flexibility index (Phi) is 6.33. The molecule has 1 aromatic rings. The van der Waals surface area contributed by atoms with Crippen molar-refractivity contribution in [3.63, 3.8) is 0 Å². The number of benzene rings is 1. The van der Waals surface area contributed by atoms with Crippen molar-refractivity contribution in [3.8, 4) is 0 Å². The van der Waals surface area contributed by atoms with Crippen molar-refractivity contribution in [1.29, 1.82) is 0 Å². The highest BCUT2D eigenvalue weighted by Gasteiger charge is 2.33. The minimum Gasteiger partial charge on any atom is -0.339 e. The number of thiocarbonyl (C=S) groups is 1. The third-order valence-electron chi connectivity index (χ3n) is 2.34. The first-order chi connectivity index (χ1) is 9.20. The largest absolute Gasteiger partial charge is 0.339 e. The van der Waals surface area contributed by atoms with Gasteiger partial charge >= 0.3 is 0 Å². The van der Waals surface area contributed by atoms with E-state index in [-0.39, 0.29) is 11.0 Å². The molecule has 0 saturated carbocycles. The van der Waals surface area contributed by atoms with Crippen LogP contribution in [0.4, 0.5) is 5.69 Å². The van der Waals surface area contributed by atoms with Crippen molar-refractivity contribution in [2.24, 2.45) is 0 Å². The van der Waals surface area contributed by atoms with Crippen LogP contribution in [0.1, 0.15) is 12.5 Å². The second kappa shape index (κ2) is 7.31. The Bertz CT molecular complexity index is 505. The van der Waals surface area contributed by atoms with Crippen molar-refractivity contribution in [2.45, 2.75) is 23.8 Å². The Hall–Kier alpha value is -0.750. The molecule has 4 nitrogen and oxygen atoms in total. The Balaban J connectivity index is 2.72. The van der Waals surface area contributed by atoms with Gasteiger partial charge in [0.05, 0.1) is 0 Å². The molecule has 110 valence electrons. The summed E-state index contributed by atoms with van der Waals surface area (Å²) in [6.45, 7) is 3.26.